The second-order valence-electron chi connectivity index (χ2n) is 3.68. The minimum atomic E-state index is -0.334. The van der Waals surface area contributed by atoms with Gasteiger partial charge in [0, 0.05) is 17.6 Å². The number of aromatic amines is 1. The summed E-state index contributed by atoms with van der Waals surface area (Å²) in [4.78, 5) is 33.3. The van der Waals surface area contributed by atoms with Gasteiger partial charge < -0.3 is 15.6 Å². The van der Waals surface area contributed by atoms with Gasteiger partial charge in [0.05, 0.1) is 18.9 Å². The fraction of sp³-hybridized carbons (Fsp3) is 0.273. The second-order valence-corrected chi connectivity index (χ2v) is 4.52. The lowest BCUT2D eigenvalue weighted by atomic mass is 10.4. The number of hydrogen-bond donors (Lipinski definition) is 3. The Balaban J connectivity index is 1.99. The number of thiazole rings is 1. The van der Waals surface area contributed by atoms with Crippen LogP contribution in [0.25, 0.3) is 0 Å². The van der Waals surface area contributed by atoms with Crippen molar-refractivity contribution in [2.24, 2.45) is 0 Å². The molecule has 0 saturated carbocycles. The molecule has 1 amide bonds. The van der Waals surface area contributed by atoms with E-state index in [1.54, 1.807) is 11.6 Å². The van der Waals surface area contributed by atoms with Crippen molar-refractivity contribution < 1.29 is 4.79 Å². The Bertz CT molecular complexity index is 621. The molecule has 0 aliphatic carbocycles. The van der Waals surface area contributed by atoms with E-state index in [0.717, 1.165) is 11.3 Å². The van der Waals surface area contributed by atoms with Crippen molar-refractivity contribution in [3.8, 4) is 0 Å². The maximum atomic E-state index is 11.9. The molecule has 0 aliphatic heterocycles. The largest absolute Gasteiger partial charge is 0.369 e. The van der Waals surface area contributed by atoms with Gasteiger partial charge in [0.2, 0.25) is 0 Å². The maximum absolute atomic E-state index is 11.9. The van der Waals surface area contributed by atoms with Crippen molar-refractivity contribution in [2.75, 3.05) is 11.9 Å². The first-order chi connectivity index (χ1) is 9.19. The summed E-state index contributed by atoms with van der Waals surface area (Å²) < 4.78 is 0. The summed E-state index contributed by atoms with van der Waals surface area (Å²) in [6.07, 6.45) is 2.95. The molecule has 0 aromatic carbocycles. The van der Waals surface area contributed by atoms with E-state index in [4.69, 9.17) is 0 Å². The van der Waals surface area contributed by atoms with Crippen LogP contribution in [0.4, 0.5) is 5.82 Å². The summed E-state index contributed by atoms with van der Waals surface area (Å²) in [6, 6.07) is 0. The Morgan fingerprint density at radius 3 is 3.00 bits per heavy atom. The molecule has 0 unspecified atom stereocenters. The number of H-pyrrole nitrogens is 1. The van der Waals surface area contributed by atoms with Crippen LogP contribution in [0.3, 0.4) is 0 Å². The third-order valence-electron chi connectivity index (χ3n) is 2.24. The van der Waals surface area contributed by atoms with Crippen molar-refractivity contribution in [1.82, 2.24) is 20.3 Å². The Morgan fingerprint density at radius 1 is 1.47 bits per heavy atom. The highest BCUT2D eigenvalue weighted by atomic mass is 32.1. The van der Waals surface area contributed by atoms with Gasteiger partial charge in [-0.05, 0) is 6.92 Å². The highest BCUT2D eigenvalue weighted by Gasteiger charge is 2.08. The first-order valence-electron chi connectivity index (χ1n) is 5.70. The summed E-state index contributed by atoms with van der Waals surface area (Å²) in [5.74, 6) is 0.221. The minimum absolute atomic E-state index is 0.141. The van der Waals surface area contributed by atoms with Gasteiger partial charge in [0.1, 0.15) is 11.5 Å². The fourth-order valence-electron chi connectivity index (χ4n) is 1.41. The Hall–Kier alpha value is -2.22. The standard InChI is InChI=1S/C11H13N5O2S/c1-2-13-9-5-12-4-8(16-9)10(17)14-3-7-6-19-11(18)15-7/h4-6H,2-3H2,1H3,(H,13,16)(H,14,17)(H,15,18). The van der Waals surface area contributed by atoms with Crippen LogP contribution in [0.15, 0.2) is 22.6 Å². The summed E-state index contributed by atoms with van der Waals surface area (Å²) in [7, 11) is 0. The lowest BCUT2D eigenvalue weighted by Gasteiger charge is -2.05. The van der Waals surface area contributed by atoms with Crippen LogP contribution in [0, 0.1) is 0 Å². The predicted molar refractivity (Wildman–Crippen MR) is 72.3 cm³/mol. The van der Waals surface area contributed by atoms with Gasteiger partial charge in [-0.15, -0.1) is 0 Å². The SMILES string of the molecule is CCNc1cncc(C(=O)NCc2csc(=O)[nH]2)n1. The Labute approximate surface area is 113 Å². The number of aromatic nitrogens is 3. The van der Waals surface area contributed by atoms with E-state index in [9.17, 15) is 9.59 Å². The van der Waals surface area contributed by atoms with E-state index in [1.807, 2.05) is 6.92 Å². The molecule has 8 heteroatoms. The molecule has 19 heavy (non-hydrogen) atoms. The van der Waals surface area contributed by atoms with E-state index >= 15 is 0 Å². The molecular weight excluding hydrogens is 266 g/mol. The van der Waals surface area contributed by atoms with Crippen LogP contribution >= 0.6 is 11.3 Å². The molecule has 7 nitrogen and oxygen atoms in total. The zero-order valence-electron chi connectivity index (χ0n) is 10.3. The van der Waals surface area contributed by atoms with Crippen LogP contribution in [0.1, 0.15) is 23.1 Å². The minimum Gasteiger partial charge on any atom is -0.369 e. The molecule has 100 valence electrons. The first-order valence-corrected chi connectivity index (χ1v) is 6.58. The third kappa shape index (κ3) is 3.62. The number of anilines is 1. The van der Waals surface area contributed by atoms with Gasteiger partial charge in [-0.25, -0.2) is 4.98 Å². The van der Waals surface area contributed by atoms with Crippen molar-refractivity contribution in [1.29, 1.82) is 0 Å². The number of hydrogen-bond acceptors (Lipinski definition) is 6. The number of carbonyl (C=O) groups is 1. The lowest BCUT2D eigenvalue weighted by molar-refractivity contribution is 0.0945. The summed E-state index contributed by atoms with van der Waals surface area (Å²) in [6.45, 7) is 2.89. The highest BCUT2D eigenvalue weighted by Crippen LogP contribution is 2.02. The Morgan fingerprint density at radius 2 is 2.32 bits per heavy atom. The van der Waals surface area contributed by atoms with Gasteiger partial charge in [0.15, 0.2) is 0 Å². The molecule has 0 atom stereocenters. The van der Waals surface area contributed by atoms with Gasteiger partial charge in [-0.3, -0.25) is 14.6 Å². The molecular formula is C11H13N5O2S. The van der Waals surface area contributed by atoms with E-state index in [-0.39, 0.29) is 23.0 Å². The molecule has 0 radical (unpaired) electrons. The Kier molecular flexibility index (Phi) is 4.24. The van der Waals surface area contributed by atoms with Crippen LogP contribution < -0.4 is 15.5 Å². The number of nitrogens with one attached hydrogen (secondary N) is 3. The third-order valence-corrected chi connectivity index (χ3v) is 2.95. The van der Waals surface area contributed by atoms with E-state index in [2.05, 4.69) is 25.6 Å². The van der Waals surface area contributed by atoms with Gasteiger partial charge in [-0.2, -0.15) is 0 Å². The molecule has 2 heterocycles. The molecule has 0 spiro atoms. The van der Waals surface area contributed by atoms with Gasteiger partial charge in [-0.1, -0.05) is 11.3 Å². The van der Waals surface area contributed by atoms with Gasteiger partial charge >= 0.3 is 4.87 Å². The zero-order valence-corrected chi connectivity index (χ0v) is 11.1. The van der Waals surface area contributed by atoms with Crippen molar-refractivity contribution in [3.05, 3.63) is 38.8 Å². The highest BCUT2D eigenvalue weighted by molar-refractivity contribution is 7.07. The van der Waals surface area contributed by atoms with Crippen molar-refractivity contribution >= 4 is 23.1 Å². The molecule has 2 aromatic rings. The normalized spacial score (nSPS) is 10.2. The smallest absolute Gasteiger partial charge is 0.304 e. The fourth-order valence-corrected chi connectivity index (χ4v) is 1.99. The number of carbonyl (C=O) groups excluding carboxylic acids is 1. The molecule has 0 saturated heterocycles. The summed E-state index contributed by atoms with van der Waals surface area (Å²) in [5.41, 5.74) is 0.898. The van der Waals surface area contributed by atoms with E-state index in [0.29, 0.717) is 18.1 Å². The average molecular weight is 279 g/mol. The molecule has 2 rings (SSSR count). The molecule has 0 aliphatic rings. The molecule has 0 fully saturated rings. The van der Waals surface area contributed by atoms with Crippen LogP contribution in [-0.2, 0) is 6.54 Å². The topological polar surface area (TPSA) is 99.8 Å². The van der Waals surface area contributed by atoms with Gasteiger partial charge in [0.25, 0.3) is 5.91 Å². The zero-order chi connectivity index (χ0) is 13.7. The molecule has 3 N–H and O–H groups in total. The van der Waals surface area contributed by atoms with E-state index < -0.39 is 0 Å². The molecule has 0 bridgehead atoms. The first kappa shape index (κ1) is 13.2. The average Bonchev–Trinajstić information content (AvgIpc) is 2.82. The van der Waals surface area contributed by atoms with Crippen LogP contribution in [0.2, 0.25) is 0 Å². The van der Waals surface area contributed by atoms with E-state index in [1.165, 1.54) is 6.20 Å². The quantitative estimate of drug-likeness (QED) is 0.743. The van der Waals surface area contributed by atoms with Crippen LogP contribution in [-0.4, -0.2) is 27.4 Å². The van der Waals surface area contributed by atoms with Crippen molar-refractivity contribution in [2.45, 2.75) is 13.5 Å². The second kappa shape index (κ2) is 6.10. The maximum Gasteiger partial charge on any atom is 0.304 e. The number of nitrogens with zero attached hydrogens (tertiary/aromatic N) is 2. The van der Waals surface area contributed by atoms with Crippen molar-refractivity contribution in [3.63, 3.8) is 0 Å². The number of amides is 1. The molecule has 2 aromatic heterocycles. The predicted octanol–water partition coefficient (Wildman–Crippen LogP) is 0.588. The monoisotopic (exact) mass is 279 g/mol. The lowest BCUT2D eigenvalue weighted by Crippen LogP contribution is -2.24. The summed E-state index contributed by atoms with van der Waals surface area (Å²) in [5, 5.41) is 7.32. The van der Waals surface area contributed by atoms with Crippen LogP contribution in [0.5, 0.6) is 0 Å². The number of rotatable bonds is 5. The summed E-state index contributed by atoms with van der Waals surface area (Å²) >= 11 is 1.06.